The average molecular weight is 324 g/mol. The molecule has 1 aromatic carbocycles. The number of nitrogens with one attached hydrogen (secondary N) is 1. The summed E-state index contributed by atoms with van der Waals surface area (Å²) < 4.78 is 1.13. The largest absolute Gasteiger partial charge is 0.376 e. The van der Waals surface area contributed by atoms with Crippen molar-refractivity contribution in [3.63, 3.8) is 0 Å². The average Bonchev–Trinajstić information content (AvgIpc) is 2.80. The van der Waals surface area contributed by atoms with E-state index in [-0.39, 0.29) is 0 Å². The molecule has 0 saturated carbocycles. The predicted octanol–water partition coefficient (Wildman–Crippen LogP) is 5.63. The van der Waals surface area contributed by atoms with Gasteiger partial charge in [0, 0.05) is 15.0 Å². The SMILES string of the molecule is Cc1ccc(NC(c2cccs2)C(C)C)c(Br)c1. The highest BCUT2D eigenvalue weighted by molar-refractivity contribution is 9.10. The van der Waals surface area contributed by atoms with Gasteiger partial charge in [0.05, 0.1) is 6.04 Å². The van der Waals surface area contributed by atoms with Crippen LogP contribution < -0.4 is 5.32 Å². The van der Waals surface area contributed by atoms with Crippen molar-refractivity contribution in [2.24, 2.45) is 5.92 Å². The highest BCUT2D eigenvalue weighted by Gasteiger charge is 2.17. The minimum atomic E-state index is 0.365. The van der Waals surface area contributed by atoms with Crippen LogP contribution in [0.25, 0.3) is 0 Å². The van der Waals surface area contributed by atoms with Crippen molar-refractivity contribution >= 4 is 33.0 Å². The summed E-state index contributed by atoms with van der Waals surface area (Å²) in [6, 6.07) is 11.1. The Balaban J connectivity index is 2.24. The summed E-state index contributed by atoms with van der Waals surface area (Å²) >= 11 is 5.44. The lowest BCUT2D eigenvalue weighted by Gasteiger charge is -2.23. The number of halogens is 1. The zero-order valence-electron chi connectivity index (χ0n) is 10.9. The first kappa shape index (κ1) is 13.6. The maximum absolute atomic E-state index is 3.64. The van der Waals surface area contributed by atoms with E-state index in [1.807, 2.05) is 11.3 Å². The van der Waals surface area contributed by atoms with E-state index in [0.29, 0.717) is 12.0 Å². The smallest absolute Gasteiger partial charge is 0.0629 e. The molecule has 3 heteroatoms. The van der Waals surface area contributed by atoms with Crippen LogP contribution in [0.1, 0.15) is 30.3 Å². The van der Waals surface area contributed by atoms with Crippen LogP contribution in [-0.4, -0.2) is 0 Å². The molecule has 0 aliphatic rings. The Morgan fingerprint density at radius 2 is 2.00 bits per heavy atom. The van der Waals surface area contributed by atoms with E-state index >= 15 is 0 Å². The molecule has 2 rings (SSSR count). The van der Waals surface area contributed by atoms with Crippen LogP contribution in [-0.2, 0) is 0 Å². The summed E-state index contributed by atoms with van der Waals surface area (Å²) in [7, 11) is 0. The van der Waals surface area contributed by atoms with Crippen LogP contribution in [0.15, 0.2) is 40.2 Å². The van der Waals surface area contributed by atoms with Crippen LogP contribution in [0.4, 0.5) is 5.69 Å². The maximum atomic E-state index is 3.64. The number of aryl methyl sites for hydroxylation is 1. The monoisotopic (exact) mass is 323 g/mol. The first-order chi connectivity index (χ1) is 8.58. The molecule has 0 fully saturated rings. The van der Waals surface area contributed by atoms with E-state index in [2.05, 4.69) is 77.7 Å². The van der Waals surface area contributed by atoms with Gasteiger partial charge in [0.1, 0.15) is 0 Å². The first-order valence-corrected chi connectivity index (χ1v) is 7.81. The van der Waals surface area contributed by atoms with E-state index < -0.39 is 0 Å². The molecule has 2 aromatic rings. The Labute approximate surface area is 121 Å². The number of benzene rings is 1. The van der Waals surface area contributed by atoms with E-state index in [1.165, 1.54) is 10.4 Å². The summed E-state index contributed by atoms with van der Waals surface area (Å²) in [6.45, 7) is 6.60. The second kappa shape index (κ2) is 5.89. The van der Waals surface area contributed by atoms with Crippen molar-refractivity contribution in [3.8, 4) is 0 Å². The Morgan fingerprint density at radius 1 is 1.22 bits per heavy atom. The summed E-state index contributed by atoms with van der Waals surface area (Å²) in [6.07, 6.45) is 0. The maximum Gasteiger partial charge on any atom is 0.0629 e. The Morgan fingerprint density at radius 3 is 2.56 bits per heavy atom. The van der Waals surface area contributed by atoms with Crippen LogP contribution >= 0.6 is 27.3 Å². The van der Waals surface area contributed by atoms with Crippen LogP contribution in [0, 0.1) is 12.8 Å². The number of thiophene rings is 1. The minimum Gasteiger partial charge on any atom is -0.376 e. The standard InChI is InChI=1S/C15H18BrNS/c1-10(2)15(14-5-4-8-18-14)17-13-7-6-11(3)9-12(13)16/h4-10,15,17H,1-3H3. The highest BCUT2D eigenvalue weighted by atomic mass is 79.9. The molecule has 96 valence electrons. The van der Waals surface area contributed by atoms with Crippen LogP contribution in [0.3, 0.4) is 0 Å². The Bertz CT molecular complexity index is 505. The second-order valence-corrected chi connectivity index (χ2v) is 6.70. The van der Waals surface area contributed by atoms with Gasteiger partial charge in [0.25, 0.3) is 0 Å². The highest BCUT2D eigenvalue weighted by Crippen LogP contribution is 2.33. The Hall–Kier alpha value is -0.800. The van der Waals surface area contributed by atoms with Gasteiger partial charge in [0.2, 0.25) is 0 Å². The van der Waals surface area contributed by atoms with Crippen molar-refractivity contribution in [1.29, 1.82) is 0 Å². The summed E-state index contributed by atoms with van der Waals surface area (Å²) in [4.78, 5) is 1.39. The molecule has 1 aromatic heterocycles. The van der Waals surface area contributed by atoms with Gasteiger partial charge in [-0.1, -0.05) is 26.0 Å². The number of anilines is 1. The zero-order valence-corrected chi connectivity index (χ0v) is 13.3. The topological polar surface area (TPSA) is 12.0 Å². The van der Waals surface area contributed by atoms with E-state index in [9.17, 15) is 0 Å². The van der Waals surface area contributed by atoms with E-state index in [0.717, 1.165) is 10.2 Å². The summed E-state index contributed by atoms with van der Waals surface area (Å²) in [5.41, 5.74) is 2.43. The quantitative estimate of drug-likeness (QED) is 0.769. The molecule has 0 spiro atoms. The van der Waals surface area contributed by atoms with Crippen molar-refractivity contribution in [2.75, 3.05) is 5.32 Å². The lowest BCUT2D eigenvalue weighted by Crippen LogP contribution is -2.15. The third-order valence-electron chi connectivity index (χ3n) is 2.95. The van der Waals surface area contributed by atoms with Crippen molar-refractivity contribution < 1.29 is 0 Å². The molecule has 1 N–H and O–H groups in total. The van der Waals surface area contributed by atoms with Gasteiger partial charge in [-0.05, 0) is 57.9 Å². The van der Waals surface area contributed by atoms with Crippen molar-refractivity contribution in [1.82, 2.24) is 0 Å². The molecule has 1 heterocycles. The van der Waals surface area contributed by atoms with Crippen LogP contribution in [0.5, 0.6) is 0 Å². The van der Waals surface area contributed by atoms with Crippen molar-refractivity contribution in [3.05, 3.63) is 50.6 Å². The molecule has 0 bridgehead atoms. The number of rotatable bonds is 4. The molecule has 0 saturated heterocycles. The minimum absolute atomic E-state index is 0.365. The van der Waals surface area contributed by atoms with Gasteiger partial charge in [0.15, 0.2) is 0 Å². The first-order valence-electron chi connectivity index (χ1n) is 6.14. The molecule has 1 unspecified atom stereocenters. The van der Waals surface area contributed by atoms with Gasteiger partial charge in [-0.25, -0.2) is 0 Å². The van der Waals surface area contributed by atoms with Gasteiger partial charge >= 0.3 is 0 Å². The molecular weight excluding hydrogens is 306 g/mol. The lowest BCUT2D eigenvalue weighted by molar-refractivity contribution is 0.553. The van der Waals surface area contributed by atoms with Gasteiger partial charge < -0.3 is 5.32 Å². The molecule has 1 nitrogen and oxygen atoms in total. The van der Waals surface area contributed by atoms with Gasteiger partial charge in [-0.15, -0.1) is 11.3 Å². The molecule has 0 aliphatic heterocycles. The molecular formula is C15H18BrNS. The lowest BCUT2D eigenvalue weighted by atomic mass is 10.0. The third kappa shape index (κ3) is 3.15. The van der Waals surface area contributed by atoms with E-state index in [1.54, 1.807) is 0 Å². The fraction of sp³-hybridized carbons (Fsp3) is 0.333. The number of hydrogen-bond donors (Lipinski definition) is 1. The van der Waals surface area contributed by atoms with Gasteiger partial charge in [-0.3, -0.25) is 0 Å². The summed E-state index contributed by atoms with van der Waals surface area (Å²) in [5.74, 6) is 0.553. The molecule has 0 aliphatic carbocycles. The normalized spacial score (nSPS) is 12.7. The summed E-state index contributed by atoms with van der Waals surface area (Å²) in [5, 5.41) is 5.78. The van der Waals surface area contributed by atoms with E-state index in [4.69, 9.17) is 0 Å². The number of hydrogen-bond acceptors (Lipinski definition) is 2. The molecule has 18 heavy (non-hydrogen) atoms. The molecule has 0 radical (unpaired) electrons. The Kier molecular flexibility index (Phi) is 4.46. The second-order valence-electron chi connectivity index (χ2n) is 4.86. The third-order valence-corrected chi connectivity index (χ3v) is 4.56. The van der Waals surface area contributed by atoms with Gasteiger partial charge in [-0.2, -0.15) is 0 Å². The fourth-order valence-electron chi connectivity index (χ4n) is 1.94. The molecule has 0 amide bonds. The predicted molar refractivity (Wildman–Crippen MR) is 84.4 cm³/mol. The van der Waals surface area contributed by atoms with Crippen LogP contribution in [0.2, 0.25) is 0 Å². The fourth-order valence-corrected chi connectivity index (χ4v) is 3.50. The molecule has 1 atom stereocenters. The zero-order chi connectivity index (χ0) is 13.1. The van der Waals surface area contributed by atoms with Crippen molar-refractivity contribution in [2.45, 2.75) is 26.8 Å².